The van der Waals surface area contributed by atoms with Crippen molar-refractivity contribution < 1.29 is 0 Å². The van der Waals surface area contributed by atoms with Crippen LogP contribution in [0.4, 0.5) is 5.82 Å². The molecule has 6 heteroatoms. The molecule has 2 aromatic rings. The minimum Gasteiger partial charge on any atom is -0.365 e. The third-order valence-electron chi connectivity index (χ3n) is 3.57. The lowest BCUT2D eigenvalue weighted by Gasteiger charge is -2.16. The van der Waals surface area contributed by atoms with Crippen molar-refractivity contribution in [1.82, 2.24) is 15.0 Å². The van der Waals surface area contributed by atoms with E-state index in [1.165, 1.54) is 6.33 Å². The Kier molecular flexibility index (Phi) is 2.88. The average molecular weight is 255 g/mol. The lowest BCUT2D eigenvalue weighted by molar-refractivity contribution is 0.628. The van der Waals surface area contributed by atoms with Gasteiger partial charge in [-0.1, -0.05) is 0 Å². The van der Waals surface area contributed by atoms with Crippen LogP contribution in [0.5, 0.6) is 0 Å². The standard InChI is InChI=1S/C13H13N5O/c14-6-8-2-1-3-10(8)18-12-9-4-5-15-13(19)11(9)16-7-17-12/h4-5,7-8,10H,1-3H2,(H,15,19)(H,16,17,18)/t8-,10-/m0/s1. The number of nitrogens with one attached hydrogen (secondary N) is 2. The van der Waals surface area contributed by atoms with Crippen LogP contribution in [0.1, 0.15) is 19.3 Å². The Hall–Kier alpha value is -2.42. The van der Waals surface area contributed by atoms with Crippen LogP contribution in [0, 0.1) is 17.2 Å². The maximum Gasteiger partial charge on any atom is 0.274 e. The largest absolute Gasteiger partial charge is 0.365 e. The van der Waals surface area contributed by atoms with Gasteiger partial charge in [-0.05, 0) is 25.3 Å². The molecule has 1 aliphatic carbocycles. The summed E-state index contributed by atoms with van der Waals surface area (Å²) in [6.07, 6.45) is 5.86. The second-order valence-electron chi connectivity index (χ2n) is 4.71. The summed E-state index contributed by atoms with van der Waals surface area (Å²) in [5.41, 5.74) is 0.137. The summed E-state index contributed by atoms with van der Waals surface area (Å²) in [6.45, 7) is 0. The molecule has 96 valence electrons. The van der Waals surface area contributed by atoms with E-state index in [1.54, 1.807) is 12.3 Å². The average Bonchev–Trinajstić information content (AvgIpc) is 2.87. The quantitative estimate of drug-likeness (QED) is 0.846. The van der Waals surface area contributed by atoms with Crippen molar-refractivity contribution in [3.05, 3.63) is 28.9 Å². The molecular weight excluding hydrogens is 242 g/mol. The van der Waals surface area contributed by atoms with Gasteiger partial charge in [0, 0.05) is 17.6 Å². The first-order chi connectivity index (χ1) is 9.29. The van der Waals surface area contributed by atoms with Gasteiger partial charge in [0.1, 0.15) is 17.7 Å². The molecule has 0 radical (unpaired) electrons. The molecule has 6 nitrogen and oxygen atoms in total. The van der Waals surface area contributed by atoms with Crippen molar-refractivity contribution in [3.8, 4) is 6.07 Å². The molecule has 1 fully saturated rings. The number of fused-ring (bicyclic) bond motifs is 1. The van der Waals surface area contributed by atoms with Crippen LogP contribution >= 0.6 is 0 Å². The van der Waals surface area contributed by atoms with Gasteiger partial charge in [-0.15, -0.1) is 0 Å². The van der Waals surface area contributed by atoms with Crippen LogP contribution < -0.4 is 10.9 Å². The number of rotatable bonds is 2. The fourth-order valence-corrected chi connectivity index (χ4v) is 2.58. The summed E-state index contributed by atoms with van der Waals surface area (Å²) >= 11 is 0. The molecule has 0 saturated heterocycles. The molecule has 3 rings (SSSR count). The summed E-state index contributed by atoms with van der Waals surface area (Å²) in [6, 6.07) is 4.19. The maximum absolute atomic E-state index is 11.7. The Bertz CT molecular complexity index is 702. The number of H-pyrrole nitrogens is 1. The molecule has 1 aliphatic rings. The first-order valence-corrected chi connectivity index (χ1v) is 6.28. The van der Waals surface area contributed by atoms with Crippen LogP contribution in [0.2, 0.25) is 0 Å². The number of pyridine rings is 1. The van der Waals surface area contributed by atoms with E-state index in [0.29, 0.717) is 16.7 Å². The number of nitriles is 1. The Labute approximate surface area is 109 Å². The smallest absolute Gasteiger partial charge is 0.274 e. The number of aromatic nitrogens is 3. The number of hydrogen-bond donors (Lipinski definition) is 2. The van der Waals surface area contributed by atoms with Gasteiger partial charge in [-0.3, -0.25) is 4.79 Å². The highest BCUT2D eigenvalue weighted by Crippen LogP contribution is 2.28. The normalized spacial score (nSPS) is 22.3. The highest BCUT2D eigenvalue weighted by atomic mass is 16.1. The monoisotopic (exact) mass is 255 g/mol. The van der Waals surface area contributed by atoms with Gasteiger partial charge in [-0.25, -0.2) is 9.97 Å². The number of aromatic amines is 1. The van der Waals surface area contributed by atoms with Crippen molar-refractivity contribution in [2.75, 3.05) is 5.32 Å². The first kappa shape index (κ1) is 11.7. The minimum atomic E-state index is -0.230. The van der Waals surface area contributed by atoms with Crippen molar-refractivity contribution >= 4 is 16.7 Å². The maximum atomic E-state index is 11.7. The molecule has 1 saturated carbocycles. The second kappa shape index (κ2) is 4.69. The summed E-state index contributed by atoms with van der Waals surface area (Å²) in [5.74, 6) is 0.635. The summed E-state index contributed by atoms with van der Waals surface area (Å²) in [7, 11) is 0. The predicted octanol–water partition coefficient (Wildman–Crippen LogP) is 1.42. The highest BCUT2D eigenvalue weighted by molar-refractivity contribution is 5.87. The lowest BCUT2D eigenvalue weighted by Crippen LogP contribution is -2.24. The van der Waals surface area contributed by atoms with Gasteiger partial charge in [0.2, 0.25) is 0 Å². The van der Waals surface area contributed by atoms with Gasteiger partial charge in [0.15, 0.2) is 0 Å². The molecule has 0 unspecified atom stereocenters. The molecule has 2 atom stereocenters. The molecule has 0 amide bonds. The van der Waals surface area contributed by atoms with E-state index in [1.807, 2.05) is 0 Å². The van der Waals surface area contributed by atoms with Crippen molar-refractivity contribution in [3.63, 3.8) is 0 Å². The van der Waals surface area contributed by atoms with Gasteiger partial charge >= 0.3 is 0 Å². The second-order valence-corrected chi connectivity index (χ2v) is 4.71. The van der Waals surface area contributed by atoms with Gasteiger partial charge < -0.3 is 10.3 Å². The van der Waals surface area contributed by atoms with E-state index in [9.17, 15) is 4.79 Å². The van der Waals surface area contributed by atoms with E-state index in [2.05, 4.69) is 26.3 Å². The van der Waals surface area contributed by atoms with Crippen LogP contribution in [-0.2, 0) is 0 Å². The van der Waals surface area contributed by atoms with Crippen molar-refractivity contribution in [2.24, 2.45) is 5.92 Å². The number of hydrogen-bond acceptors (Lipinski definition) is 5. The fourth-order valence-electron chi connectivity index (χ4n) is 2.58. The van der Waals surface area contributed by atoms with Gasteiger partial charge in [-0.2, -0.15) is 5.26 Å². The first-order valence-electron chi connectivity index (χ1n) is 6.28. The van der Waals surface area contributed by atoms with Crippen molar-refractivity contribution in [1.29, 1.82) is 5.26 Å². The topological polar surface area (TPSA) is 94.5 Å². The van der Waals surface area contributed by atoms with E-state index in [-0.39, 0.29) is 17.5 Å². The molecule has 19 heavy (non-hydrogen) atoms. The summed E-state index contributed by atoms with van der Waals surface area (Å²) in [4.78, 5) is 22.4. The molecule has 0 aromatic carbocycles. The zero-order valence-corrected chi connectivity index (χ0v) is 10.3. The number of anilines is 1. The molecular formula is C13H13N5O. The van der Waals surface area contributed by atoms with Crippen molar-refractivity contribution in [2.45, 2.75) is 25.3 Å². The predicted molar refractivity (Wildman–Crippen MR) is 70.5 cm³/mol. The van der Waals surface area contributed by atoms with Gasteiger partial charge in [0.05, 0.1) is 12.0 Å². The van der Waals surface area contributed by atoms with Crippen LogP contribution in [-0.4, -0.2) is 21.0 Å². The molecule has 2 N–H and O–H groups in total. The number of nitrogens with zero attached hydrogens (tertiary/aromatic N) is 3. The zero-order chi connectivity index (χ0) is 13.2. The highest BCUT2D eigenvalue weighted by Gasteiger charge is 2.27. The molecule has 2 aromatic heterocycles. The van der Waals surface area contributed by atoms with Crippen LogP contribution in [0.25, 0.3) is 10.9 Å². The minimum absolute atomic E-state index is 0.00649. The van der Waals surface area contributed by atoms with E-state index in [0.717, 1.165) is 19.3 Å². The third kappa shape index (κ3) is 2.03. The summed E-state index contributed by atoms with van der Waals surface area (Å²) < 4.78 is 0. The molecule has 0 bridgehead atoms. The Morgan fingerprint density at radius 3 is 3.16 bits per heavy atom. The van der Waals surface area contributed by atoms with E-state index >= 15 is 0 Å². The lowest BCUT2D eigenvalue weighted by atomic mass is 10.1. The zero-order valence-electron chi connectivity index (χ0n) is 10.3. The fraction of sp³-hybridized carbons (Fsp3) is 0.385. The van der Waals surface area contributed by atoms with Gasteiger partial charge in [0.25, 0.3) is 5.56 Å². The molecule has 0 aliphatic heterocycles. The SMILES string of the molecule is N#C[C@@H]1CCC[C@@H]1Nc1ncnc2c(=O)[nH]ccc12. The van der Waals surface area contributed by atoms with E-state index in [4.69, 9.17) is 5.26 Å². The van der Waals surface area contributed by atoms with Crippen LogP contribution in [0.3, 0.4) is 0 Å². The Morgan fingerprint density at radius 1 is 1.42 bits per heavy atom. The van der Waals surface area contributed by atoms with Crippen LogP contribution in [0.15, 0.2) is 23.4 Å². The Balaban J connectivity index is 2.00. The Morgan fingerprint density at radius 2 is 2.32 bits per heavy atom. The third-order valence-corrected chi connectivity index (χ3v) is 3.57. The van der Waals surface area contributed by atoms with E-state index < -0.39 is 0 Å². The molecule has 2 heterocycles. The summed E-state index contributed by atoms with van der Waals surface area (Å²) in [5, 5.41) is 13.1. The molecule has 0 spiro atoms.